The summed E-state index contributed by atoms with van der Waals surface area (Å²) < 4.78 is 34.6. The SMILES string of the molecule is [2H]C1([2H])OC(=O)C([2H])([2H])OC1=O. The van der Waals surface area contributed by atoms with E-state index in [1.165, 1.54) is 0 Å². The first-order valence-electron chi connectivity index (χ1n) is 3.72. The molecule has 8 heavy (non-hydrogen) atoms. The van der Waals surface area contributed by atoms with Crippen molar-refractivity contribution in [2.45, 2.75) is 0 Å². The van der Waals surface area contributed by atoms with Gasteiger partial charge in [-0.1, -0.05) is 0 Å². The molecule has 1 aliphatic heterocycles. The van der Waals surface area contributed by atoms with E-state index in [1.807, 2.05) is 0 Å². The topological polar surface area (TPSA) is 52.6 Å². The molecule has 0 unspecified atom stereocenters. The zero-order valence-electron chi connectivity index (χ0n) is 7.63. The Morgan fingerprint density at radius 3 is 2.00 bits per heavy atom. The van der Waals surface area contributed by atoms with E-state index in [0.29, 0.717) is 0 Å². The molecule has 1 heterocycles. The second-order valence-corrected chi connectivity index (χ2v) is 0.983. The minimum atomic E-state index is -2.89. The third-order valence-electron chi connectivity index (χ3n) is 0.454. The highest BCUT2D eigenvalue weighted by molar-refractivity contribution is 5.82. The molecule has 0 amide bonds. The van der Waals surface area contributed by atoms with Crippen molar-refractivity contribution in [2.24, 2.45) is 0 Å². The predicted octanol–water partition coefficient (Wildman–Crippen LogP) is -0.914. The van der Waals surface area contributed by atoms with Crippen molar-refractivity contribution in [3.8, 4) is 0 Å². The Balaban J connectivity index is 2.91. The van der Waals surface area contributed by atoms with Crippen LogP contribution in [0.5, 0.6) is 0 Å². The van der Waals surface area contributed by atoms with Gasteiger partial charge < -0.3 is 9.47 Å². The van der Waals surface area contributed by atoms with Crippen LogP contribution in [-0.4, -0.2) is 25.1 Å². The molecule has 0 aromatic carbocycles. The number of ether oxygens (including phenoxy) is 2. The highest BCUT2D eigenvalue weighted by atomic mass is 16.6. The first-order chi connectivity index (χ1) is 5.26. The third-order valence-corrected chi connectivity index (χ3v) is 0.454. The molecule has 0 aromatic rings. The van der Waals surface area contributed by atoms with Gasteiger partial charge in [0.1, 0.15) is 0 Å². The summed E-state index contributed by atoms with van der Waals surface area (Å²) in [6.45, 7) is -5.77. The second-order valence-electron chi connectivity index (χ2n) is 0.983. The molecule has 4 heteroatoms. The number of carbonyl (C=O) groups is 2. The van der Waals surface area contributed by atoms with Gasteiger partial charge in [-0.3, -0.25) is 0 Å². The number of cyclic esters (lactones) is 2. The number of esters is 2. The van der Waals surface area contributed by atoms with Crippen molar-refractivity contribution < 1.29 is 24.5 Å². The summed E-state index contributed by atoms with van der Waals surface area (Å²) in [6.07, 6.45) is 0. The Morgan fingerprint density at radius 2 is 1.62 bits per heavy atom. The maximum atomic E-state index is 10.6. The Labute approximate surface area is 51.0 Å². The van der Waals surface area contributed by atoms with E-state index < -0.39 is 25.1 Å². The van der Waals surface area contributed by atoms with Gasteiger partial charge in [0.25, 0.3) is 0 Å². The molecule has 1 rings (SSSR count). The normalized spacial score (nSPS) is 39.5. The van der Waals surface area contributed by atoms with Crippen LogP contribution in [0.15, 0.2) is 0 Å². The van der Waals surface area contributed by atoms with Gasteiger partial charge in [-0.25, -0.2) is 9.59 Å². The van der Waals surface area contributed by atoms with Crippen LogP contribution in [0.1, 0.15) is 5.48 Å². The van der Waals surface area contributed by atoms with Crippen LogP contribution in [0, 0.1) is 0 Å². The van der Waals surface area contributed by atoms with Gasteiger partial charge >= 0.3 is 11.9 Å². The highest BCUT2D eigenvalue weighted by Crippen LogP contribution is 1.90. The summed E-state index contributed by atoms with van der Waals surface area (Å²) in [5.41, 5.74) is 0. The Bertz CT molecular complexity index is 221. The van der Waals surface area contributed by atoms with Gasteiger partial charge in [0, 0.05) is 0 Å². The number of carbonyl (C=O) groups excluding carboxylic acids is 2. The molecule has 44 valence electrons. The minimum Gasteiger partial charge on any atom is -0.451 e. The van der Waals surface area contributed by atoms with Crippen molar-refractivity contribution in [1.82, 2.24) is 0 Å². The van der Waals surface area contributed by atoms with Crippen molar-refractivity contribution in [1.29, 1.82) is 0 Å². The first-order valence-corrected chi connectivity index (χ1v) is 1.72. The lowest BCUT2D eigenvalue weighted by Gasteiger charge is -2.09. The van der Waals surface area contributed by atoms with Gasteiger partial charge in [0.05, 0.1) is 5.48 Å². The number of hydrogen-bond acceptors (Lipinski definition) is 4. The first kappa shape index (κ1) is 2.05. The standard InChI is InChI=1S/C4H4O4/c5-3-1-7-4(6)2-8-3/h1-2H2/i1D2,2D2. The van der Waals surface area contributed by atoms with E-state index in [-0.39, 0.29) is 0 Å². The van der Waals surface area contributed by atoms with Crippen LogP contribution in [-0.2, 0) is 19.1 Å². The molecule has 1 aliphatic rings. The molecule has 0 spiro atoms. The van der Waals surface area contributed by atoms with Crippen LogP contribution >= 0.6 is 0 Å². The molecule has 1 saturated heterocycles. The van der Waals surface area contributed by atoms with E-state index in [9.17, 15) is 9.59 Å². The predicted molar refractivity (Wildman–Crippen MR) is 21.9 cm³/mol. The maximum absolute atomic E-state index is 10.6. The zero-order valence-corrected chi connectivity index (χ0v) is 3.63. The lowest BCUT2D eigenvalue weighted by molar-refractivity contribution is -0.174. The molecule has 0 atom stereocenters. The molecular formula is C4H4O4. The van der Waals surface area contributed by atoms with E-state index in [4.69, 9.17) is 5.48 Å². The summed E-state index contributed by atoms with van der Waals surface area (Å²) >= 11 is 0. The van der Waals surface area contributed by atoms with Crippen molar-refractivity contribution in [3.63, 3.8) is 0 Å². The van der Waals surface area contributed by atoms with Crippen LogP contribution in [0.25, 0.3) is 0 Å². The Morgan fingerprint density at radius 1 is 1.25 bits per heavy atom. The van der Waals surface area contributed by atoms with E-state index in [2.05, 4.69) is 9.47 Å². The lowest BCUT2D eigenvalue weighted by Crippen LogP contribution is -2.27. The van der Waals surface area contributed by atoms with Gasteiger partial charge in [-0.05, 0) is 0 Å². The number of hydrogen-bond donors (Lipinski definition) is 0. The van der Waals surface area contributed by atoms with E-state index in [0.717, 1.165) is 0 Å². The fourth-order valence-corrected chi connectivity index (χ4v) is 0.218. The largest absolute Gasteiger partial charge is 0.451 e. The second kappa shape index (κ2) is 1.81. The van der Waals surface area contributed by atoms with E-state index >= 15 is 0 Å². The summed E-state index contributed by atoms with van der Waals surface area (Å²) in [5.74, 6) is -3.10. The average Bonchev–Trinajstić information content (AvgIpc) is 1.82. The maximum Gasteiger partial charge on any atom is 0.344 e. The molecule has 0 radical (unpaired) electrons. The average molecular weight is 120 g/mol. The third kappa shape index (κ3) is 0.959. The van der Waals surface area contributed by atoms with Crippen molar-refractivity contribution in [2.75, 3.05) is 13.1 Å². The van der Waals surface area contributed by atoms with Gasteiger partial charge in [0.2, 0.25) is 0 Å². The van der Waals surface area contributed by atoms with Gasteiger partial charge in [0.15, 0.2) is 13.1 Å². The van der Waals surface area contributed by atoms with Crippen molar-refractivity contribution >= 4 is 11.9 Å². The summed E-state index contributed by atoms with van der Waals surface area (Å²) in [4.78, 5) is 21.1. The number of rotatable bonds is 0. The Kier molecular flexibility index (Phi) is 0.464. The van der Waals surface area contributed by atoms with Crippen LogP contribution in [0.2, 0.25) is 0 Å². The molecule has 0 bridgehead atoms. The zero-order chi connectivity index (χ0) is 9.57. The molecular weight excluding hydrogens is 112 g/mol. The van der Waals surface area contributed by atoms with Gasteiger partial charge in [-0.15, -0.1) is 0 Å². The molecule has 0 N–H and O–H groups in total. The molecule has 4 nitrogen and oxygen atoms in total. The monoisotopic (exact) mass is 120 g/mol. The van der Waals surface area contributed by atoms with Gasteiger partial charge in [-0.2, -0.15) is 0 Å². The fourth-order valence-electron chi connectivity index (χ4n) is 0.218. The lowest BCUT2D eigenvalue weighted by atomic mass is 10.6. The Hall–Kier alpha value is -1.06. The quantitative estimate of drug-likeness (QED) is 0.388. The van der Waals surface area contributed by atoms with Crippen LogP contribution in [0.3, 0.4) is 0 Å². The summed E-state index contributed by atoms with van der Waals surface area (Å²) in [5, 5.41) is 0. The molecule has 1 fully saturated rings. The van der Waals surface area contributed by atoms with E-state index in [1.54, 1.807) is 0 Å². The van der Waals surface area contributed by atoms with Crippen molar-refractivity contribution in [3.05, 3.63) is 0 Å². The summed E-state index contributed by atoms with van der Waals surface area (Å²) in [7, 11) is 0. The molecule has 0 aliphatic carbocycles. The molecule has 0 saturated carbocycles. The van der Waals surface area contributed by atoms with Crippen LogP contribution < -0.4 is 0 Å². The minimum absolute atomic E-state index is 1.55. The van der Waals surface area contributed by atoms with Crippen LogP contribution in [0.4, 0.5) is 0 Å². The highest BCUT2D eigenvalue weighted by Gasteiger charge is 2.16. The summed E-state index contributed by atoms with van der Waals surface area (Å²) in [6, 6.07) is 0. The molecule has 0 aromatic heterocycles. The fraction of sp³-hybridized carbons (Fsp3) is 0.500. The smallest absolute Gasteiger partial charge is 0.344 e.